The molecule has 2 aliphatic carbocycles. The van der Waals surface area contributed by atoms with Gasteiger partial charge in [-0.2, -0.15) is 0 Å². The minimum Gasteiger partial charge on any atom is -0.0616 e. The molecule has 5 rings (SSSR count). The van der Waals surface area contributed by atoms with E-state index >= 15 is 0 Å². The zero-order chi connectivity index (χ0) is 13.1. The third-order valence-electron chi connectivity index (χ3n) is 4.68. The van der Waals surface area contributed by atoms with Crippen molar-refractivity contribution in [2.24, 2.45) is 0 Å². The molecule has 3 aromatic rings. The predicted molar refractivity (Wildman–Crippen MR) is 84.2 cm³/mol. The van der Waals surface area contributed by atoms with Crippen molar-refractivity contribution in [1.29, 1.82) is 0 Å². The van der Waals surface area contributed by atoms with E-state index in [1.165, 1.54) is 56.3 Å². The summed E-state index contributed by atoms with van der Waals surface area (Å²) in [6.45, 7) is 0. The molecule has 2 aliphatic rings. The third-order valence-corrected chi connectivity index (χ3v) is 4.68. The van der Waals surface area contributed by atoms with Crippen LogP contribution >= 0.6 is 0 Å². The second kappa shape index (κ2) is 3.61. The van der Waals surface area contributed by atoms with E-state index in [0.717, 1.165) is 0 Å². The molecule has 3 aromatic carbocycles. The lowest BCUT2D eigenvalue weighted by atomic mass is 9.96. The molecule has 0 atom stereocenters. The van der Waals surface area contributed by atoms with Gasteiger partial charge in [-0.1, -0.05) is 48.5 Å². The quantitative estimate of drug-likeness (QED) is 0.452. The Kier molecular flexibility index (Phi) is 1.88. The highest BCUT2D eigenvalue weighted by atomic mass is 14.2. The van der Waals surface area contributed by atoms with Gasteiger partial charge in [0.05, 0.1) is 0 Å². The van der Waals surface area contributed by atoms with Crippen LogP contribution in [0, 0.1) is 0 Å². The van der Waals surface area contributed by atoms with E-state index in [-0.39, 0.29) is 0 Å². The van der Waals surface area contributed by atoms with E-state index in [2.05, 4.69) is 60.7 Å². The van der Waals surface area contributed by atoms with Crippen LogP contribution in [-0.4, -0.2) is 0 Å². The molecule has 0 saturated carbocycles. The summed E-state index contributed by atoms with van der Waals surface area (Å²) in [5.74, 6) is 0. The Morgan fingerprint density at radius 3 is 1.65 bits per heavy atom. The molecule has 0 heteroatoms. The molecule has 0 aliphatic heterocycles. The molecule has 0 bridgehead atoms. The zero-order valence-electron chi connectivity index (χ0n) is 11.2. The van der Waals surface area contributed by atoms with Crippen LogP contribution in [0.2, 0.25) is 0 Å². The summed E-state index contributed by atoms with van der Waals surface area (Å²) in [4.78, 5) is 0. The molecule has 0 N–H and O–H groups in total. The van der Waals surface area contributed by atoms with Gasteiger partial charge in [0.2, 0.25) is 0 Å². The van der Waals surface area contributed by atoms with E-state index in [4.69, 9.17) is 0 Å². The number of hydrogen-bond donors (Lipinski definition) is 0. The van der Waals surface area contributed by atoms with Gasteiger partial charge < -0.3 is 0 Å². The molecule has 0 radical (unpaired) electrons. The van der Waals surface area contributed by atoms with Gasteiger partial charge in [-0.05, 0) is 68.5 Å². The van der Waals surface area contributed by atoms with Crippen LogP contribution in [0.25, 0.3) is 22.9 Å². The Hall–Kier alpha value is -2.34. The second-order valence-corrected chi connectivity index (χ2v) is 5.80. The topological polar surface area (TPSA) is 0 Å². The van der Waals surface area contributed by atoms with Crippen LogP contribution in [0.4, 0.5) is 0 Å². The van der Waals surface area contributed by atoms with Gasteiger partial charge in [0.1, 0.15) is 0 Å². The smallest absolute Gasteiger partial charge is 0.00329 e. The number of fused-ring (bicyclic) bond motifs is 1. The lowest BCUT2D eigenvalue weighted by molar-refractivity contribution is 1.02. The molecule has 0 saturated heterocycles. The number of rotatable bonds is 0. The van der Waals surface area contributed by atoms with Crippen LogP contribution in [0.15, 0.2) is 48.5 Å². The van der Waals surface area contributed by atoms with Gasteiger partial charge in [0.25, 0.3) is 0 Å². The average molecular weight is 254 g/mol. The zero-order valence-corrected chi connectivity index (χ0v) is 11.2. The molecular weight excluding hydrogens is 240 g/mol. The molecule has 0 amide bonds. The first-order chi connectivity index (χ1) is 9.90. The Bertz CT molecular complexity index is 913. The third kappa shape index (κ3) is 1.26. The minimum absolute atomic E-state index is 1.20. The molecule has 94 valence electrons. The van der Waals surface area contributed by atoms with Crippen molar-refractivity contribution in [3.8, 4) is 0 Å². The van der Waals surface area contributed by atoms with Crippen LogP contribution in [0.5, 0.6) is 0 Å². The summed E-state index contributed by atoms with van der Waals surface area (Å²) in [7, 11) is 0. The summed E-state index contributed by atoms with van der Waals surface area (Å²) < 4.78 is 0. The molecular formula is C20H14. The normalized spacial score (nSPS) is 14.4. The van der Waals surface area contributed by atoms with Crippen LogP contribution < -0.4 is 10.4 Å². The highest BCUT2D eigenvalue weighted by molar-refractivity contribution is 6.02. The maximum atomic E-state index is 2.34. The fraction of sp³-hybridized carbons (Fsp3) is 0.100. The van der Waals surface area contributed by atoms with E-state index in [1.54, 1.807) is 0 Å². The van der Waals surface area contributed by atoms with E-state index in [9.17, 15) is 0 Å². The largest absolute Gasteiger partial charge is 0.0616 e. The van der Waals surface area contributed by atoms with E-state index in [1.807, 2.05) is 0 Å². The van der Waals surface area contributed by atoms with E-state index < -0.39 is 0 Å². The first-order valence-corrected chi connectivity index (χ1v) is 7.26. The Labute approximate surface area is 117 Å². The second-order valence-electron chi connectivity index (χ2n) is 5.80. The van der Waals surface area contributed by atoms with Gasteiger partial charge >= 0.3 is 0 Å². The molecule has 0 aromatic heterocycles. The first-order valence-electron chi connectivity index (χ1n) is 7.26. The fourth-order valence-electron chi connectivity index (χ4n) is 3.73. The first kappa shape index (κ1) is 10.4. The molecule has 0 fully saturated rings. The van der Waals surface area contributed by atoms with Gasteiger partial charge in [-0.15, -0.1) is 0 Å². The lowest BCUT2D eigenvalue weighted by Gasteiger charge is -2.08. The Morgan fingerprint density at radius 1 is 0.550 bits per heavy atom. The summed E-state index contributed by atoms with van der Waals surface area (Å²) in [5.41, 5.74) is 5.77. The van der Waals surface area contributed by atoms with Crippen molar-refractivity contribution in [2.45, 2.75) is 12.8 Å². The van der Waals surface area contributed by atoms with Crippen LogP contribution in [0.3, 0.4) is 0 Å². The van der Waals surface area contributed by atoms with Gasteiger partial charge in [-0.3, -0.25) is 0 Å². The minimum atomic E-state index is 1.20. The van der Waals surface area contributed by atoms with Crippen molar-refractivity contribution >= 4 is 22.9 Å². The summed E-state index contributed by atoms with van der Waals surface area (Å²) in [6, 6.07) is 17.9. The lowest BCUT2D eigenvalue weighted by Crippen LogP contribution is -2.22. The van der Waals surface area contributed by atoms with Crippen molar-refractivity contribution in [1.82, 2.24) is 0 Å². The standard InChI is InChI=1S/C20H14/c1-2-4-16-12-18-10-8-14-6-5-13-7-9-17(11-15(16)3-1)20(18)19(13)14/h1-4,7-12H,5-6H2. The number of benzene rings is 3. The molecule has 0 spiro atoms. The van der Waals surface area contributed by atoms with Crippen molar-refractivity contribution in [3.05, 3.63) is 81.2 Å². The molecule has 0 heterocycles. The molecule has 0 unspecified atom stereocenters. The fourth-order valence-corrected chi connectivity index (χ4v) is 3.73. The monoisotopic (exact) mass is 254 g/mol. The Morgan fingerprint density at radius 2 is 1.10 bits per heavy atom. The van der Waals surface area contributed by atoms with Crippen molar-refractivity contribution in [3.63, 3.8) is 0 Å². The summed E-state index contributed by atoms with van der Waals surface area (Å²) in [6.07, 6.45) is 7.07. The molecule has 20 heavy (non-hydrogen) atoms. The van der Waals surface area contributed by atoms with Gasteiger partial charge in [-0.25, -0.2) is 0 Å². The van der Waals surface area contributed by atoms with Gasteiger partial charge in [0.15, 0.2) is 0 Å². The van der Waals surface area contributed by atoms with E-state index in [0.29, 0.717) is 0 Å². The maximum Gasteiger partial charge on any atom is -0.00329 e. The van der Waals surface area contributed by atoms with Crippen molar-refractivity contribution < 1.29 is 0 Å². The highest BCUT2D eigenvalue weighted by Crippen LogP contribution is 2.35. The summed E-state index contributed by atoms with van der Waals surface area (Å²) in [5, 5.41) is 5.60. The highest BCUT2D eigenvalue weighted by Gasteiger charge is 2.18. The summed E-state index contributed by atoms with van der Waals surface area (Å²) >= 11 is 0. The maximum absolute atomic E-state index is 2.34. The van der Waals surface area contributed by atoms with Gasteiger partial charge in [0, 0.05) is 0 Å². The van der Waals surface area contributed by atoms with Crippen molar-refractivity contribution in [2.75, 3.05) is 0 Å². The number of hydrogen-bond acceptors (Lipinski definition) is 0. The Balaban J connectivity index is 2.07. The van der Waals surface area contributed by atoms with Crippen LogP contribution in [-0.2, 0) is 12.8 Å². The average Bonchev–Trinajstić information content (AvgIpc) is 2.82. The molecule has 0 nitrogen and oxygen atoms in total. The SMILES string of the molecule is C1=c2ccccc2=Cc2ccc3c4c(ccc1c24)CC3. The number of aryl methyl sites for hydroxylation is 2. The van der Waals surface area contributed by atoms with Crippen LogP contribution in [0.1, 0.15) is 22.3 Å². The predicted octanol–water partition coefficient (Wildman–Crippen LogP) is 2.91.